The SMILES string of the molecule is O=C(C1CCCN(S(=O)(=O)c2ccccc2)C1)N1CCN(CCN2CCCC2)CC1. The van der Waals surface area contributed by atoms with Crippen molar-refractivity contribution in [3.05, 3.63) is 30.3 Å². The Labute approximate surface area is 180 Å². The third-order valence-electron chi connectivity index (χ3n) is 6.73. The van der Waals surface area contributed by atoms with Crippen molar-refractivity contribution < 1.29 is 13.2 Å². The molecule has 1 atom stereocenters. The monoisotopic (exact) mass is 434 g/mol. The predicted octanol–water partition coefficient (Wildman–Crippen LogP) is 1.33. The Hall–Kier alpha value is -1.48. The molecule has 1 aromatic carbocycles. The summed E-state index contributed by atoms with van der Waals surface area (Å²) >= 11 is 0. The molecule has 3 fully saturated rings. The van der Waals surface area contributed by atoms with Crippen LogP contribution < -0.4 is 0 Å². The molecule has 3 aliphatic heterocycles. The number of rotatable bonds is 6. The van der Waals surface area contributed by atoms with Gasteiger partial charge >= 0.3 is 0 Å². The average molecular weight is 435 g/mol. The molecule has 0 aliphatic carbocycles. The van der Waals surface area contributed by atoms with Gasteiger partial charge in [0.25, 0.3) is 0 Å². The number of piperazine rings is 1. The summed E-state index contributed by atoms with van der Waals surface area (Å²) in [7, 11) is -3.53. The van der Waals surface area contributed by atoms with Gasteiger partial charge in [0.2, 0.25) is 15.9 Å². The molecule has 3 aliphatic rings. The topological polar surface area (TPSA) is 64.2 Å². The average Bonchev–Trinajstić information content (AvgIpc) is 3.32. The lowest BCUT2D eigenvalue weighted by Gasteiger charge is -2.39. The zero-order chi connectivity index (χ0) is 21.0. The van der Waals surface area contributed by atoms with Crippen LogP contribution in [0.25, 0.3) is 0 Å². The van der Waals surface area contributed by atoms with E-state index in [-0.39, 0.29) is 11.8 Å². The molecule has 3 heterocycles. The van der Waals surface area contributed by atoms with Gasteiger partial charge in [-0.25, -0.2) is 8.42 Å². The lowest BCUT2D eigenvalue weighted by Crippen LogP contribution is -2.53. The van der Waals surface area contributed by atoms with Crippen molar-refractivity contribution in [1.29, 1.82) is 0 Å². The summed E-state index contributed by atoms with van der Waals surface area (Å²) in [6.07, 6.45) is 4.15. The largest absolute Gasteiger partial charge is 0.340 e. The number of carbonyl (C=O) groups excluding carboxylic acids is 1. The van der Waals surface area contributed by atoms with E-state index in [1.54, 1.807) is 24.3 Å². The molecule has 1 amide bonds. The van der Waals surface area contributed by atoms with Crippen molar-refractivity contribution in [3.63, 3.8) is 0 Å². The summed E-state index contributed by atoms with van der Waals surface area (Å²) in [4.78, 5) is 20.4. The molecule has 0 aromatic heterocycles. The minimum Gasteiger partial charge on any atom is -0.340 e. The van der Waals surface area contributed by atoms with Crippen LogP contribution in [0.3, 0.4) is 0 Å². The van der Waals surface area contributed by atoms with E-state index < -0.39 is 10.0 Å². The van der Waals surface area contributed by atoms with Crippen LogP contribution >= 0.6 is 0 Å². The van der Waals surface area contributed by atoms with E-state index >= 15 is 0 Å². The fourth-order valence-corrected chi connectivity index (χ4v) is 6.39. The Bertz CT molecular complexity index is 803. The Morgan fingerprint density at radius 1 is 0.833 bits per heavy atom. The first-order valence-corrected chi connectivity index (χ1v) is 12.8. The molecule has 8 heteroatoms. The van der Waals surface area contributed by atoms with E-state index in [0.29, 0.717) is 18.0 Å². The normalized spacial score (nSPS) is 24.9. The third-order valence-corrected chi connectivity index (χ3v) is 8.61. The van der Waals surface area contributed by atoms with E-state index in [2.05, 4.69) is 9.80 Å². The number of hydrogen-bond acceptors (Lipinski definition) is 5. The van der Waals surface area contributed by atoms with Crippen molar-refractivity contribution in [2.75, 3.05) is 65.4 Å². The summed E-state index contributed by atoms with van der Waals surface area (Å²) in [5, 5.41) is 0. The molecule has 3 saturated heterocycles. The van der Waals surface area contributed by atoms with Gasteiger partial charge in [0, 0.05) is 52.4 Å². The summed E-state index contributed by atoms with van der Waals surface area (Å²) in [6.45, 7) is 8.77. The number of likely N-dealkylation sites (tertiary alicyclic amines) is 1. The second kappa shape index (κ2) is 9.77. The molecular formula is C22H34N4O3S. The standard InChI is InChI=1S/C22H34N4O3S/c27-22(25-17-15-24(16-18-25)14-13-23-10-4-5-11-23)20-7-6-12-26(19-20)30(28,29)21-8-2-1-3-9-21/h1-3,8-9,20H,4-7,10-19H2. The van der Waals surface area contributed by atoms with E-state index in [9.17, 15) is 13.2 Å². The van der Waals surface area contributed by atoms with Crippen molar-refractivity contribution >= 4 is 15.9 Å². The Morgan fingerprint density at radius 2 is 1.47 bits per heavy atom. The molecule has 30 heavy (non-hydrogen) atoms. The van der Waals surface area contributed by atoms with Gasteiger partial charge in [-0.3, -0.25) is 9.69 Å². The van der Waals surface area contributed by atoms with Crippen LogP contribution in [0.15, 0.2) is 35.2 Å². The predicted molar refractivity (Wildman–Crippen MR) is 117 cm³/mol. The molecular weight excluding hydrogens is 400 g/mol. The summed E-state index contributed by atoms with van der Waals surface area (Å²) in [6, 6.07) is 8.54. The first-order chi connectivity index (χ1) is 14.5. The van der Waals surface area contributed by atoms with Crippen LogP contribution in [0.5, 0.6) is 0 Å². The zero-order valence-corrected chi connectivity index (χ0v) is 18.6. The number of piperidine rings is 1. The van der Waals surface area contributed by atoms with Crippen molar-refractivity contribution in [1.82, 2.24) is 19.0 Å². The van der Waals surface area contributed by atoms with Gasteiger partial charge in [0.05, 0.1) is 10.8 Å². The molecule has 0 radical (unpaired) electrons. The maximum atomic E-state index is 13.1. The summed E-state index contributed by atoms with van der Waals surface area (Å²) in [5.74, 6) is -0.101. The highest BCUT2D eigenvalue weighted by atomic mass is 32.2. The van der Waals surface area contributed by atoms with Crippen LogP contribution in [-0.4, -0.2) is 98.8 Å². The van der Waals surface area contributed by atoms with Crippen LogP contribution in [0, 0.1) is 5.92 Å². The molecule has 0 saturated carbocycles. The molecule has 0 N–H and O–H groups in total. The van der Waals surface area contributed by atoms with E-state index in [1.165, 1.54) is 30.2 Å². The first kappa shape index (κ1) is 21.7. The second-order valence-corrected chi connectivity index (χ2v) is 10.7. The number of amides is 1. The number of sulfonamides is 1. The first-order valence-electron chi connectivity index (χ1n) is 11.3. The molecule has 7 nitrogen and oxygen atoms in total. The van der Waals surface area contributed by atoms with E-state index in [1.807, 2.05) is 11.0 Å². The number of hydrogen-bond donors (Lipinski definition) is 0. The van der Waals surface area contributed by atoms with Crippen LogP contribution in [0.1, 0.15) is 25.7 Å². The Morgan fingerprint density at radius 3 is 2.13 bits per heavy atom. The third kappa shape index (κ3) is 5.04. The second-order valence-electron chi connectivity index (χ2n) is 8.73. The van der Waals surface area contributed by atoms with Gasteiger partial charge < -0.3 is 9.80 Å². The zero-order valence-electron chi connectivity index (χ0n) is 17.8. The van der Waals surface area contributed by atoms with Crippen LogP contribution in [-0.2, 0) is 14.8 Å². The highest BCUT2D eigenvalue weighted by molar-refractivity contribution is 7.89. The van der Waals surface area contributed by atoms with Crippen molar-refractivity contribution in [3.8, 4) is 0 Å². The smallest absolute Gasteiger partial charge is 0.243 e. The fourth-order valence-electron chi connectivity index (χ4n) is 4.84. The highest BCUT2D eigenvalue weighted by Crippen LogP contribution is 2.25. The maximum absolute atomic E-state index is 13.1. The number of nitrogens with zero attached hydrogens (tertiary/aromatic N) is 4. The lowest BCUT2D eigenvalue weighted by atomic mass is 9.98. The van der Waals surface area contributed by atoms with Gasteiger partial charge in [0.1, 0.15) is 0 Å². The van der Waals surface area contributed by atoms with Crippen molar-refractivity contribution in [2.24, 2.45) is 5.92 Å². The molecule has 1 aromatic rings. The minimum atomic E-state index is -3.53. The fraction of sp³-hybridized carbons (Fsp3) is 0.682. The molecule has 166 valence electrons. The molecule has 4 rings (SSSR count). The minimum absolute atomic E-state index is 0.127. The van der Waals surface area contributed by atoms with Gasteiger partial charge in [-0.1, -0.05) is 18.2 Å². The molecule has 0 spiro atoms. The van der Waals surface area contributed by atoms with E-state index in [0.717, 1.165) is 52.1 Å². The van der Waals surface area contributed by atoms with Gasteiger partial charge in [-0.2, -0.15) is 4.31 Å². The number of carbonyl (C=O) groups is 1. The number of benzene rings is 1. The Kier molecular flexibility index (Phi) is 7.08. The lowest BCUT2D eigenvalue weighted by molar-refractivity contribution is -0.138. The van der Waals surface area contributed by atoms with Gasteiger partial charge in [-0.05, 0) is 50.9 Å². The van der Waals surface area contributed by atoms with Crippen LogP contribution in [0.2, 0.25) is 0 Å². The molecule has 1 unspecified atom stereocenters. The Balaban J connectivity index is 1.28. The quantitative estimate of drug-likeness (QED) is 0.676. The summed E-state index contributed by atoms with van der Waals surface area (Å²) < 4.78 is 27.4. The maximum Gasteiger partial charge on any atom is 0.243 e. The van der Waals surface area contributed by atoms with Gasteiger partial charge in [-0.15, -0.1) is 0 Å². The summed E-state index contributed by atoms with van der Waals surface area (Å²) in [5.41, 5.74) is 0. The van der Waals surface area contributed by atoms with Gasteiger partial charge in [0.15, 0.2) is 0 Å². The molecule has 0 bridgehead atoms. The van der Waals surface area contributed by atoms with Crippen molar-refractivity contribution in [2.45, 2.75) is 30.6 Å². The van der Waals surface area contributed by atoms with E-state index in [4.69, 9.17) is 0 Å². The highest BCUT2D eigenvalue weighted by Gasteiger charge is 2.35. The van der Waals surface area contributed by atoms with Crippen LogP contribution in [0.4, 0.5) is 0 Å².